The molecule has 0 saturated heterocycles. The van der Waals surface area contributed by atoms with Crippen LogP contribution in [0.25, 0.3) is 6.08 Å². The fourth-order valence-electron chi connectivity index (χ4n) is 1.31. The highest BCUT2D eigenvalue weighted by Gasteiger charge is 2.07. The lowest BCUT2D eigenvalue weighted by Crippen LogP contribution is -2.32. The monoisotopic (exact) mass is 251 g/mol. The van der Waals surface area contributed by atoms with Crippen molar-refractivity contribution in [2.24, 2.45) is 0 Å². The fourth-order valence-corrected chi connectivity index (χ4v) is 1.44. The highest BCUT2D eigenvalue weighted by Crippen LogP contribution is 2.12. The van der Waals surface area contributed by atoms with Gasteiger partial charge in [0.05, 0.1) is 0 Å². The van der Waals surface area contributed by atoms with Gasteiger partial charge in [-0.3, -0.25) is 4.79 Å². The summed E-state index contributed by atoms with van der Waals surface area (Å²) in [5.74, 6) is -0.0192. The first-order valence-corrected chi connectivity index (χ1v) is 6.15. The molecule has 0 aromatic heterocycles. The van der Waals surface area contributed by atoms with Gasteiger partial charge >= 0.3 is 0 Å². The molecule has 0 spiro atoms. The molecule has 92 valence electrons. The van der Waals surface area contributed by atoms with Gasteiger partial charge in [0.1, 0.15) is 0 Å². The molecule has 0 radical (unpaired) electrons. The van der Waals surface area contributed by atoms with Crippen LogP contribution in [0.4, 0.5) is 0 Å². The molecule has 1 unspecified atom stereocenters. The van der Waals surface area contributed by atoms with Crippen LogP contribution in [0.15, 0.2) is 29.8 Å². The summed E-state index contributed by atoms with van der Waals surface area (Å²) in [5.41, 5.74) is 1.68. The molecule has 0 aliphatic carbocycles. The molecule has 0 bridgehead atoms. The lowest BCUT2D eigenvalue weighted by atomic mass is 10.1. The Bertz CT molecular complexity index is 409. The van der Waals surface area contributed by atoms with Gasteiger partial charge < -0.3 is 5.32 Å². The van der Waals surface area contributed by atoms with Crippen LogP contribution in [0.5, 0.6) is 0 Å². The molecular weight excluding hydrogens is 234 g/mol. The first-order chi connectivity index (χ1) is 8.02. The van der Waals surface area contributed by atoms with Crippen LogP contribution in [0, 0.1) is 0 Å². The van der Waals surface area contributed by atoms with Crippen molar-refractivity contribution in [3.8, 4) is 0 Å². The summed E-state index contributed by atoms with van der Waals surface area (Å²) in [5, 5.41) is 3.63. The average molecular weight is 252 g/mol. The van der Waals surface area contributed by atoms with Crippen molar-refractivity contribution in [2.45, 2.75) is 33.2 Å². The molecule has 2 nitrogen and oxygen atoms in total. The maximum absolute atomic E-state index is 11.8. The molecule has 1 N–H and O–H groups in total. The van der Waals surface area contributed by atoms with E-state index in [0.29, 0.717) is 10.6 Å². The van der Waals surface area contributed by atoms with E-state index in [-0.39, 0.29) is 11.9 Å². The largest absolute Gasteiger partial charge is 0.350 e. The van der Waals surface area contributed by atoms with Gasteiger partial charge in [0.2, 0.25) is 5.91 Å². The van der Waals surface area contributed by atoms with Gasteiger partial charge in [0, 0.05) is 16.6 Å². The molecule has 0 saturated carbocycles. The number of carbonyl (C=O) groups is 1. The van der Waals surface area contributed by atoms with Gasteiger partial charge in [0.25, 0.3) is 0 Å². The molecule has 0 aliphatic heterocycles. The highest BCUT2D eigenvalue weighted by atomic mass is 35.5. The van der Waals surface area contributed by atoms with Gasteiger partial charge in [0.15, 0.2) is 0 Å². The maximum Gasteiger partial charge on any atom is 0.247 e. The fraction of sp³-hybridized carbons (Fsp3) is 0.357. The number of benzene rings is 1. The molecule has 1 atom stereocenters. The molecule has 0 heterocycles. The standard InChI is InChI=1S/C14H18ClNO/c1-4-11(3)16-14(17)10(2)9-12-5-7-13(15)8-6-12/h5-9,11H,4H2,1-3H3,(H,16,17)/b10-9+. The van der Waals surface area contributed by atoms with E-state index in [0.717, 1.165) is 12.0 Å². The number of amides is 1. The van der Waals surface area contributed by atoms with Crippen LogP contribution in [-0.2, 0) is 4.79 Å². The predicted molar refractivity (Wildman–Crippen MR) is 73.0 cm³/mol. The van der Waals surface area contributed by atoms with E-state index >= 15 is 0 Å². The van der Waals surface area contributed by atoms with Gasteiger partial charge in [-0.05, 0) is 44.0 Å². The summed E-state index contributed by atoms with van der Waals surface area (Å²) in [6, 6.07) is 7.61. The Kier molecular flexibility index (Phi) is 5.23. The van der Waals surface area contributed by atoms with Crippen LogP contribution in [-0.4, -0.2) is 11.9 Å². The molecule has 1 amide bonds. The Morgan fingerprint density at radius 3 is 2.53 bits per heavy atom. The molecule has 1 rings (SSSR count). The Balaban J connectivity index is 2.71. The minimum absolute atomic E-state index is 0.0192. The minimum Gasteiger partial charge on any atom is -0.350 e. The zero-order valence-electron chi connectivity index (χ0n) is 10.5. The molecule has 1 aromatic carbocycles. The van der Waals surface area contributed by atoms with Gasteiger partial charge in [-0.2, -0.15) is 0 Å². The van der Waals surface area contributed by atoms with E-state index < -0.39 is 0 Å². The lowest BCUT2D eigenvalue weighted by molar-refractivity contribution is -0.117. The van der Waals surface area contributed by atoms with Crippen molar-refractivity contribution in [1.29, 1.82) is 0 Å². The summed E-state index contributed by atoms with van der Waals surface area (Å²) in [6.45, 7) is 5.85. The minimum atomic E-state index is -0.0192. The Morgan fingerprint density at radius 1 is 1.41 bits per heavy atom. The number of nitrogens with one attached hydrogen (secondary N) is 1. The second-order valence-corrected chi connectivity index (χ2v) is 4.60. The molecule has 17 heavy (non-hydrogen) atoms. The van der Waals surface area contributed by atoms with Gasteiger partial charge in [-0.1, -0.05) is 30.7 Å². The van der Waals surface area contributed by atoms with E-state index in [9.17, 15) is 4.79 Å². The van der Waals surface area contributed by atoms with Crippen molar-refractivity contribution in [3.05, 3.63) is 40.4 Å². The number of hydrogen-bond donors (Lipinski definition) is 1. The Labute approximate surface area is 108 Å². The average Bonchev–Trinajstić information content (AvgIpc) is 2.31. The third kappa shape index (κ3) is 4.61. The van der Waals surface area contributed by atoms with Crippen LogP contribution < -0.4 is 5.32 Å². The predicted octanol–water partition coefficient (Wildman–Crippen LogP) is 3.66. The lowest BCUT2D eigenvalue weighted by Gasteiger charge is -2.11. The summed E-state index contributed by atoms with van der Waals surface area (Å²) < 4.78 is 0. The van der Waals surface area contributed by atoms with Crippen molar-refractivity contribution in [1.82, 2.24) is 5.32 Å². The number of hydrogen-bond acceptors (Lipinski definition) is 1. The second-order valence-electron chi connectivity index (χ2n) is 4.16. The summed E-state index contributed by atoms with van der Waals surface area (Å²) in [6.07, 6.45) is 2.79. The highest BCUT2D eigenvalue weighted by molar-refractivity contribution is 6.30. The van der Waals surface area contributed by atoms with Crippen molar-refractivity contribution in [2.75, 3.05) is 0 Å². The van der Waals surface area contributed by atoms with Gasteiger partial charge in [-0.25, -0.2) is 0 Å². The Morgan fingerprint density at radius 2 is 2.00 bits per heavy atom. The normalized spacial score (nSPS) is 13.3. The van der Waals surface area contributed by atoms with Crippen LogP contribution in [0.3, 0.4) is 0 Å². The Hall–Kier alpha value is -1.28. The van der Waals surface area contributed by atoms with E-state index in [1.165, 1.54) is 0 Å². The maximum atomic E-state index is 11.8. The third-order valence-electron chi connectivity index (χ3n) is 2.60. The quantitative estimate of drug-likeness (QED) is 0.813. The van der Waals surface area contributed by atoms with Gasteiger partial charge in [-0.15, -0.1) is 0 Å². The molecular formula is C14H18ClNO. The van der Waals surface area contributed by atoms with E-state index in [1.807, 2.05) is 51.1 Å². The SMILES string of the molecule is CCC(C)NC(=O)/C(C)=C/c1ccc(Cl)cc1. The van der Waals surface area contributed by atoms with Crippen molar-refractivity contribution >= 4 is 23.6 Å². The smallest absolute Gasteiger partial charge is 0.247 e. The zero-order chi connectivity index (χ0) is 12.8. The van der Waals surface area contributed by atoms with E-state index in [1.54, 1.807) is 0 Å². The molecule has 0 fully saturated rings. The molecule has 0 aliphatic rings. The van der Waals surface area contributed by atoms with Crippen molar-refractivity contribution < 1.29 is 4.79 Å². The summed E-state index contributed by atoms with van der Waals surface area (Å²) in [4.78, 5) is 11.8. The summed E-state index contributed by atoms with van der Waals surface area (Å²) >= 11 is 5.80. The topological polar surface area (TPSA) is 29.1 Å². The number of rotatable bonds is 4. The van der Waals surface area contributed by atoms with Crippen LogP contribution in [0.1, 0.15) is 32.8 Å². The third-order valence-corrected chi connectivity index (χ3v) is 2.85. The molecule has 3 heteroatoms. The zero-order valence-corrected chi connectivity index (χ0v) is 11.2. The molecule has 1 aromatic rings. The van der Waals surface area contributed by atoms with Crippen LogP contribution >= 0.6 is 11.6 Å². The summed E-state index contributed by atoms with van der Waals surface area (Å²) in [7, 11) is 0. The van der Waals surface area contributed by atoms with Crippen molar-refractivity contribution in [3.63, 3.8) is 0 Å². The first-order valence-electron chi connectivity index (χ1n) is 5.77. The first kappa shape index (κ1) is 13.8. The number of halogens is 1. The van der Waals surface area contributed by atoms with E-state index in [2.05, 4.69) is 5.32 Å². The van der Waals surface area contributed by atoms with Crippen LogP contribution in [0.2, 0.25) is 5.02 Å². The second kappa shape index (κ2) is 6.45. The van der Waals surface area contributed by atoms with E-state index in [4.69, 9.17) is 11.6 Å². The number of carbonyl (C=O) groups excluding carboxylic acids is 1.